The molecular formula is C24H29N3O3. The molecule has 2 unspecified atom stereocenters. The number of carbonyl (C=O) groups is 2. The summed E-state index contributed by atoms with van der Waals surface area (Å²) in [6, 6.07) is 11.8. The molecule has 0 saturated heterocycles. The van der Waals surface area contributed by atoms with Crippen LogP contribution in [0.5, 0.6) is 5.88 Å². The molecular weight excluding hydrogens is 378 g/mol. The predicted octanol–water partition coefficient (Wildman–Crippen LogP) is 3.49. The van der Waals surface area contributed by atoms with E-state index in [1.54, 1.807) is 6.20 Å². The number of anilines is 1. The number of nitrogens with zero attached hydrogens (tertiary/aromatic N) is 2. The van der Waals surface area contributed by atoms with E-state index < -0.39 is 0 Å². The van der Waals surface area contributed by atoms with Crippen molar-refractivity contribution in [3.05, 3.63) is 53.7 Å². The number of aromatic nitrogens is 1. The second-order valence-corrected chi connectivity index (χ2v) is 7.98. The highest BCUT2D eigenvalue weighted by atomic mass is 16.5. The van der Waals surface area contributed by atoms with Crippen LogP contribution in [0.25, 0.3) is 0 Å². The first-order chi connectivity index (χ1) is 14.7. The number of para-hydroxylation sites is 1. The van der Waals surface area contributed by atoms with Gasteiger partial charge in [-0.25, -0.2) is 4.98 Å². The summed E-state index contributed by atoms with van der Waals surface area (Å²) in [7, 11) is 0. The smallest absolute Gasteiger partial charge is 0.230 e. The van der Waals surface area contributed by atoms with Crippen LogP contribution in [-0.4, -0.2) is 29.9 Å². The molecule has 2 atom stereocenters. The normalized spacial score (nSPS) is 20.5. The van der Waals surface area contributed by atoms with Crippen LogP contribution in [0.2, 0.25) is 0 Å². The number of amides is 2. The maximum atomic E-state index is 13.4. The third-order valence-electron chi connectivity index (χ3n) is 6.16. The molecule has 0 radical (unpaired) electrons. The van der Waals surface area contributed by atoms with Gasteiger partial charge < -0.3 is 15.0 Å². The second kappa shape index (κ2) is 9.28. The fourth-order valence-electron chi connectivity index (χ4n) is 4.65. The quantitative estimate of drug-likeness (QED) is 0.796. The van der Waals surface area contributed by atoms with Gasteiger partial charge in [-0.2, -0.15) is 0 Å². The molecule has 30 heavy (non-hydrogen) atoms. The van der Waals surface area contributed by atoms with Gasteiger partial charge in [0, 0.05) is 36.5 Å². The van der Waals surface area contributed by atoms with Crippen LogP contribution in [0.4, 0.5) is 5.69 Å². The van der Waals surface area contributed by atoms with Crippen molar-refractivity contribution in [1.82, 2.24) is 10.3 Å². The van der Waals surface area contributed by atoms with E-state index in [1.807, 2.05) is 42.2 Å². The summed E-state index contributed by atoms with van der Waals surface area (Å²) in [5.74, 6) is 0.0460. The Bertz CT molecular complexity index is 914. The minimum atomic E-state index is -0.286. The minimum Gasteiger partial charge on any atom is -0.478 e. The summed E-state index contributed by atoms with van der Waals surface area (Å²) in [6.45, 7) is 3.49. The van der Waals surface area contributed by atoms with Crippen molar-refractivity contribution in [2.45, 2.75) is 45.6 Å². The highest BCUT2D eigenvalue weighted by Crippen LogP contribution is 2.36. The molecule has 0 spiro atoms. The molecule has 4 rings (SSSR count). The van der Waals surface area contributed by atoms with Gasteiger partial charge >= 0.3 is 0 Å². The van der Waals surface area contributed by atoms with Crippen molar-refractivity contribution in [2.75, 3.05) is 18.1 Å². The lowest BCUT2D eigenvalue weighted by atomic mass is 9.77. The summed E-state index contributed by atoms with van der Waals surface area (Å²) in [6.07, 6.45) is 6.06. The molecule has 1 fully saturated rings. The second-order valence-electron chi connectivity index (χ2n) is 7.98. The van der Waals surface area contributed by atoms with E-state index in [9.17, 15) is 9.59 Å². The third-order valence-corrected chi connectivity index (χ3v) is 6.16. The van der Waals surface area contributed by atoms with Crippen LogP contribution in [0.15, 0.2) is 42.6 Å². The van der Waals surface area contributed by atoms with Crippen LogP contribution in [-0.2, 0) is 22.6 Å². The number of fused-ring (bicyclic) bond motifs is 1. The number of carbonyl (C=O) groups excluding carboxylic acids is 2. The summed E-state index contributed by atoms with van der Waals surface area (Å²) in [4.78, 5) is 32.6. The Morgan fingerprint density at radius 1 is 1.13 bits per heavy atom. The lowest BCUT2D eigenvalue weighted by Gasteiger charge is -2.32. The molecule has 2 aliphatic rings. The molecule has 6 heteroatoms. The van der Waals surface area contributed by atoms with Crippen molar-refractivity contribution >= 4 is 17.5 Å². The van der Waals surface area contributed by atoms with Crippen LogP contribution in [0.1, 0.15) is 43.7 Å². The highest BCUT2D eigenvalue weighted by Gasteiger charge is 2.39. The zero-order valence-corrected chi connectivity index (χ0v) is 17.5. The Balaban J connectivity index is 1.45. The maximum Gasteiger partial charge on any atom is 0.230 e. The Labute approximate surface area is 177 Å². The van der Waals surface area contributed by atoms with Crippen molar-refractivity contribution < 1.29 is 14.3 Å². The molecule has 2 heterocycles. The van der Waals surface area contributed by atoms with Crippen LogP contribution >= 0.6 is 0 Å². The first kappa shape index (κ1) is 20.4. The molecule has 1 aromatic carbocycles. The van der Waals surface area contributed by atoms with Crippen LogP contribution in [0.3, 0.4) is 0 Å². The molecule has 1 aliphatic heterocycles. The van der Waals surface area contributed by atoms with Gasteiger partial charge in [0.15, 0.2) is 0 Å². The first-order valence-electron chi connectivity index (χ1n) is 10.9. The van der Waals surface area contributed by atoms with E-state index in [-0.39, 0.29) is 23.7 Å². The number of hydrogen-bond acceptors (Lipinski definition) is 4. The van der Waals surface area contributed by atoms with E-state index >= 15 is 0 Å². The van der Waals surface area contributed by atoms with Gasteiger partial charge in [-0.15, -0.1) is 0 Å². The molecule has 1 aliphatic carbocycles. The third kappa shape index (κ3) is 4.18. The van der Waals surface area contributed by atoms with Gasteiger partial charge in [-0.05, 0) is 43.9 Å². The molecule has 2 amide bonds. The van der Waals surface area contributed by atoms with Crippen LogP contribution < -0.4 is 15.0 Å². The molecule has 1 aromatic heterocycles. The van der Waals surface area contributed by atoms with Gasteiger partial charge in [0.25, 0.3) is 0 Å². The first-order valence-corrected chi connectivity index (χ1v) is 10.9. The summed E-state index contributed by atoms with van der Waals surface area (Å²) in [5, 5.41) is 3.03. The minimum absolute atomic E-state index is 0.0492. The monoisotopic (exact) mass is 407 g/mol. The van der Waals surface area contributed by atoms with Crippen LogP contribution in [0, 0.1) is 11.8 Å². The van der Waals surface area contributed by atoms with Crippen molar-refractivity contribution in [2.24, 2.45) is 11.8 Å². The average Bonchev–Trinajstić information content (AvgIpc) is 3.22. The molecule has 6 nitrogen and oxygen atoms in total. The topological polar surface area (TPSA) is 71.5 Å². The Hall–Kier alpha value is -2.89. The fourth-order valence-corrected chi connectivity index (χ4v) is 4.65. The summed E-state index contributed by atoms with van der Waals surface area (Å²) >= 11 is 0. The number of hydrogen-bond donors (Lipinski definition) is 1. The van der Waals surface area contributed by atoms with Gasteiger partial charge in [0.05, 0.1) is 12.5 Å². The highest BCUT2D eigenvalue weighted by molar-refractivity contribution is 5.99. The van der Waals surface area contributed by atoms with Crippen molar-refractivity contribution in [3.63, 3.8) is 0 Å². The van der Waals surface area contributed by atoms with Gasteiger partial charge in [-0.1, -0.05) is 37.1 Å². The number of benzene rings is 1. The maximum absolute atomic E-state index is 13.4. The van der Waals surface area contributed by atoms with E-state index in [4.69, 9.17) is 4.74 Å². The van der Waals surface area contributed by atoms with E-state index in [1.165, 1.54) is 5.56 Å². The average molecular weight is 408 g/mol. The van der Waals surface area contributed by atoms with Gasteiger partial charge in [0.2, 0.25) is 17.7 Å². The summed E-state index contributed by atoms with van der Waals surface area (Å²) in [5.41, 5.74) is 3.06. The predicted molar refractivity (Wildman–Crippen MR) is 115 cm³/mol. The lowest BCUT2D eigenvalue weighted by molar-refractivity contribution is -0.135. The molecule has 0 bridgehead atoms. The molecule has 2 aromatic rings. The number of nitrogens with one attached hydrogen (secondary N) is 1. The zero-order chi connectivity index (χ0) is 20.9. The Morgan fingerprint density at radius 3 is 2.77 bits per heavy atom. The molecule has 158 valence electrons. The fraction of sp³-hybridized carbons (Fsp3) is 0.458. The van der Waals surface area contributed by atoms with E-state index in [0.29, 0.717) is 25.6 Å². The number of rotatable bonds is 6. The van der Waals surface area contributed by atoms with E-state index in [0.717, 1.165) is 43.4 Å². The van der Waals surface area contributed by atoms with E-state index in [2.05, 4.69) is 16.4 Å². The zero-order valence-electron chi connectivity index (χ0n) is 17.5. The molecule has 1 N–H and O–H groups in total. The van der Waals surface area contributed by atoms with Gasteiger partial charge in [-0.3, -0.25) is 9.59 Å². The van der Waals surface area contributed by atoms with Gasteiger partial charge in [0.1, 0.15) is 0 Å². The Kier molecular flexibility index (Phi) is 6.31. The standard InChI is InChI=1S/C24H29N3O3/c1-2-30-23-18(9-7-14-25-23)16-26-22(28)19-10-4-5-11-20(19)24(29)27-15-13-17-8-3-6-12-21(17)27/h3,6-9,12,14,19-20H,2,4-5,10-11,13,15-16H2,1H3,(H,26,28). The Morgan fingerprint density at radius 2 is 1.93 bits per heavy atom. The summed E-state index contributed by atoms with van der Waals surface area (Å²) < 4.78 is 5.55. The van der Waals surface area contributed by atoms with Crippen molar-refractivity contribution in [3.8, 4) is 5.88 Å². The van der Waals surface area contributed by atoms with Crippen molar-refractivity contribution in [1.29, 1.82) is 0 Å². The SMILES string of the molecule is CCOc1ncccc1CNC(=O)C1CCCCC1C(=O)N1CCc2ccccc21. The number of ether oxygens (including phenoxy) is 1. The molecule has 1 saturated carbocycles. The largest absolute Gasteiger partial charge is 0.478 e. The lowest BCUT2D eigenvalue weighted by Crippen LogP contribution is -2.45. The number of pyridine rings is 1.